The molecule has 0 spiro atoms. The second kappa shape index (κ2) is 5.46. The Bertz CT molecular complexity index is 736. The Balaban J connectivity index is 1.76. The van der Waals surface area contributed by atoms with Crippen molar-refractivity contribution in [2.24, 2.45) is 0 Å². The highest BCUT2D eigenvalue weighted by atomic mass is 32.1. The van der Waals surface area contributed by atoms with Crippen molar-refractivity contribution in [1.82, 2.24) is 9.97 Å². The van der Waals surface area contributed by atoms with E-state index >= 15 is 0 Å². The average Bonchev–Trinajstić information content (AvgIpc) is 2.87. The van der Waals surface area contributed by atoms with Crippen molar-refractivity contribution < 1.29 is 0 Å². The third-order valence-electron chi connectivity index (χ3n) is 3.17. The van der Waals surface area contributed by atoms with Gasteiger partial charge in [-0.15, -0.1) is 11.3 Å². The van der Waals surface area contributed by atoms with Crippen molar-refractivity contribution in [2.45, 2.75) is 13.3 Å². The Morgan fingerprint density at radius 1 is 1.30 bits per heavy atom. The number of hydrogen-bond acceptors (Lipinski definition) is 5. The van der Waals surface area contributed by atoms with Crippen molar-refractivity contribution in [2.75, 3.05) is 17.6 Å². The monoisotopic (exact) mass is 284 g/mol. The zero-order valence-corrected chi connectivity index (χ0v) is 12.1. The summed E-state index contributed by atoms with van der Waals surface area (Å²) in [4.78, 5) is 8.88. The van der Waals surface area contributed by atoms with Crippen LogP contribution in [0.5, 0.6) is 0 Å². The maximum absolute atomic E-state index is 5.97. The quantitative estimate of drug-likeness (QED) is 0.722. The molecule has 0 fully saturated rings. The maximum atomic E-state index is 5.97. The number of aromatic nitrogens is 2. The first-order chi connectivity index (χ1) is 9.74. The van der Waals surface area contributed by atoms with Crippen LogP contribution in [0.15, 0.2) is 35.8 Å². The predicted octanol–water partition coefficient (Wildman–Crippen LogP) is 3.24. The molecule has 20 heavy (non-hydrogen) atoms. The highest BCUT2D eigenvalue weighted by molar-refractivity contribution is 7.09. The van der Waals surface area contributed by atoms with Gasteiger partial charge in [0.05, 0.1) is 21.9 Å². The van der Waals surface area contributed by atoms with Gasteiger partial charge >= 0.3 is 0 Å². The first-order valence-corrected chi connectivity index (χ1v) is 7.40. The lowest BCUT2D eigenvalue weighted by Gasteiger charge is -2.09. The van der Waals surface area contributed by atoms with E-state index in [2.05, 4.69) is 20.7 Å². The largest absolute Gasteiger partial charge is 0.398 e. The molecule has 0 bridgehead atoms. The van der Waals surface area contributed by atoms with Gasteiger partial charge < -0.3 is 11.1 Å². The third-order valence-corrected chi connectivity index (χ3v) is 3.99. The van der Waals surface area contributed by atoms with Crippen LogP contribution in [-0.2, 0) is 6.42 Å². The molecule has 2 heterocycles. The summed E-state index contributed by atoms with van der Waals surface area (Å²) in [6.07, 6.45) is 2.69. The molecular weight excluding hydrogens is 268 g/mol. The normalized spacial score (nSPS) is 10.8. The van der Waals surface area contributed by atoms with E-state index in [-0.39, 0.29) is 0 Å². The summed E-state index contributed by atoms with van der Waals surface area (Å²) in [6.45, 7) is 2.86. The van der Waals surface area contributed by atoms with E-state index in [9.17, 15) is 0 Å². The maximum Gasteiger partial charge on any atom is 0.0953 e. The smallest absolute Gasteiger partial charge is 0.0953 e. The molecule has 0 aliphatic carbocycles. The minimum absolute atomic E-state index is 0.758. The number of nitrogens with two attached hydrogens (primary N) is 1. The summed E-state index contributed by atoms with van der Waals surface area (Å²) in [5.74, 6) is 0. The van der Waals surface area contributed by atoms with Crippen molar-refractivity contribution in [1.29, 1.82) is 0 Å². The zero-order chi connectivity index (χ0) is 13.9. The summed E-state index contributed by atoms with van der Waals surface area (Å²) < 4.78 is 0. The number of thiazole rings is 1. The van der Waals surface area contributed by atoms with Gasteiger partial charge in [-0.1, -0.05) is 0 Å². The van der Waals surface area contributed by atoms with Gasteiger partial charge in [0.2, 0.25) is 0 Å². The number of hydrogen-bond donors (Lipinski definition) is 2. The Kier molecular flexibility index (Phi) is 3.52. The molecule has 0 saturated heterocycles. The lowest BCUT2D eigenvalue weighted by Crippen LogP contribution is -2.06. The number of aryl methyl sites for hydroxylation is 1. The van der Waals surface area contributed by atoms with Gasteiger partial charge in [-0.05, 0) is 31.2 Å². The van der Waals surface area contributed by atoms with Gasteiger partial charge in [0.25, 0.3) is 0 Å². The van der Waals surface area contributed by atoms with Crippen LogP contribution in [0, 0.1) is 6.92 Å². The predicted molar refractivity (Wildman–Crippen MR) is 85.2 cm³/mol. The number of rotatable bonds is 4. The van der Waals surface area contributed by atoms with Gasteiger partial charge in [-0.3, -0.25) is 4.98 Å². The average molecular weight is 284 g/mol. The van der Waals surface area contributed by atoms with Crippen molar-refractivity contribution >= 4 is 33.6 Å². The second-order valence-corrected chi connectivity index (χ2v) is 5.70. The summed E-state index contributed by atoms with van der Waals surface area (Å²) >= 11 is 1.69. The molecule has 2 aromatic heterocycles. The first kappa shape index (κ1) is 12.9. The molecular formula is C15H16N4S. The van der Waals surface area contributed by atoms with Crippen molar-refractivity contribution in [3.8, 4) is 0 Å². The highest BCUT2D eigenvalue weighted by Gasteiger charge is 2.05. The number of nitrogens with one attached hydrogen (secondary N) is 1. The van der Waals surface area contributed by atoms with E-state index in [1.807, 2.05) is 31.2 Å². The Morgan fingerprint density at radius 2 is 2.20 bits per heavy atom. The van der Waals surface area contributed by atoms with Crippen LogP contribution < -0.4 is 11.1 Å². The molecule has 102 valence electrons. The fourth-order valence-electron chi connectivity index (χ4n) is 2.19. The van der Waals surface area contributed by atoms with Gasteiger partial charge in [-0.25, -0.2) is 4.98 Å². The summed E-state index contributed by atoms with van der Waals surface area (Å²) in [5, 5.41) is 7.63. The van der Waals surface area contributed by atoms with Crippen LogP contribution in [0.1, 0.15) is 10.7 Å². The molecule has 4 nitrogen and oxygen atoms in total. The molecule has 1 aromatic carbocycles. The molecule has 5 heteroatoms. The van der Waals surface area contributed by atoms with Crippen LogP contribution in [-0.4, -0.2) is 16.5 Å². The lowest BCUT2D eigenvalue weighted by atomic mass is 10.1. The second-order valence-electron chi connectivity index (χ2n) is 4.64. The topological polar surface area (TPSA) is 63.8 Å². The molecule has 0 radical (unpaired) electrons. The molecule has 0 amide bonds. The Morgan fingerprint density at radius 3 is 3.00 bits per heavy atom. The molecule has 0 aliphatic heterocycles. The zero-order valence-electron chi connectivity index (χ0n) is 11.3. The van der Waals surface area contributed by atoms with E-state index in [1.54, 1.807) is 17.5 Å². The van der Waals surface area contributed by atoms with Gasteiger partial charge in [-0.2, -0.15) is 0 Å². The van der Waals surface area contributed by atoms with Gasteiger partial charge in [0, 0.05) is 35.6 Å². The van der Waals surface area contributed by atoms with Crippen molar-refractivity contribution in [3.63, 3.8) is 0 Å². The fraction of sp³-hybridized carbons (Fsp3) is 0.200. The summed E-state index contributed by atoms with van der Waals surface area (Å²) in [5.41, 5.74) is 9.80. The van der Waals surface area contributed by atoms with Crippen LogP contribution >= 0.6 is 11.3 Å². The number of fused-ring (bicyclic) bond motifs is 1. The molecule has 0 atom stereocenters. The number of pyridine rings is 1. The molecule has 3 N–H and O–H groups in total. The number of benzene rings is 1. The van der Waals surface area contributed by atoms with Crippen LogP contribution in [0.4, 0.5) is 11.4 Å². The van der Waals surface area contributed by atoms with E-state index in [4.69, 9.17) is 5.73 Å². The van der Waals surface area contributed by atoms with Gasteiger partial charge in [0.1, 0.15) is 0 Å². The summed E-state index contributed by atoms with van der Waals surface area (Å²) in [7, 11) is 0. The minimum atomic E-state index is 0.758. The minimum Gasteiger partial charge on any atom is -0.398 e. The summed E-state index contributed by atoms with van der Waals surface area (Å²) in [6, 6.07) is 7.80. The van der Waals surface area contributed by atoms with Crippen LogP contribution in [0.25, 0.3) is 10.9 Å². The van der Waals surface area contributed by atoms with Crippen molar-refractivity contribution in [3.05, 3.63) is 46.5 Å². The molecule has 0 saturated carbocycles. The standard InChI is InChI=1S/C15H16N4S/c1-10-19-11(9-20-10)6-8-17-14-5-4-13(16)12-3-2-7-18-15(12)14/h2-5,7,9,17H,6,8,16H2,1H3. The molecule has 3 rings (SSSR count). The molecule has 3 aromatic rings. The SMILES string of the molecule is Cc1nc(CCNc2ccc(N)c3cccnc23)cs1. The number of nitrogens with zero attached hydrogens (tertiary/aromatic N) is 2. The lowest BCUT2D eigenvalue weighted by molar-refractivity contribution is 0.969. The highest BCUT2D eigenvalue weighted by Crippen LogP contribution is 2.26. The Labute approximate surface area is 121 Å². The molecule has 0 aliphatic rings. The van der Waals surface area contributed by atoms with Crippen LogP contribution in [0.2, 0.25) is 0 Å². The number of anilines is 2. The van der Waals surface area contributed by atoms with E-state index in [0.717, 1.165) is 45.9 Å². The van der Waals surface area contributed by atoms with Crippen LogP contribution in [0.3, 0.4) is 0 Å². The molecule has 0 unspecified atom stereocenters. The van der Waals surface area contributed by atoms with E-state index in [0.29, 0.717) is 0 Å². The third kappa shape index (κ3) is 2.58. The first-order valence-electron chi connectivity index (χ1n) is 6.52. The van der Waals surface area contributed by atoms with E-state index < -0.39 is 0 Å². The number of nitrogen functional groups attached to an aromatic ring is 1. The van der Waals surface area contributed by atoms with Gasteiger partial charge in [0.15, 0.2) is 0 Å². The fourth-order valence-corrected chi connectivity index (χ4v) is 2.83. The Hall–Kier alpha value is -2.14. The van der Waals surface area contributed by atoms with E-state index in [1.165, 1.54) is 0 Å².